The van der Waals surface area contributed by atoms with E-state index in [1.165, 1.54) is 12.3 Å². The van der Waals surface area contributed by atoms with Gasteiger partial charge in [-0.05, 0) is 30.9 Å². The van der Waals surface area contributed by atoms with Gasteiger partial charge < -0.3 is 10.4 Å². The van der Waals surface area contributed by atoms with E-state index in [-0.39, 0.29) is 23.6 Å². The molecule has 130 valence electrons. The number of aryl methyl sites for hydroxylation is 1. The first-order chi connectivity index (χ1) is 12.0. The minimum Gasteiger partial charge on any atom is -0.393 e. The predicted molar refractivity (Wildman–Crippen MR) is 90.0 cm³/mol. The quantitative estimate of drug-likeness (QED) is 0.763. The summed E-state index contributed by atoms with van der Waals surface area (Å²) in [5, 5.41) is 17.7. The zero-order valence-corrected chi connectivity index (χ0v) is 13.7. The van der Waals surface area contributed by atoms with Crippen LogP contribution in [0.1, 0.15) is 24.4 Å². The normalized spacial score (nSPS) is 21.1. The fourth-order valence-corrected chi connectivity index (χ4v) is 3.45. The molecule has 1 atom stereocenters. The van der Waals surface area contributed by atoms with Crippen LogP contribution in [-0.2, 0) is 7.05 Å². The van der Waals surface area contributed by atoms with Crippen molar-refractivity contribution in [1.29, 1.82) is 0 Å². The van der Waals surface area contributed by atoms with Crippen LogP contribution in [-0.4, -0.2) is 26.0 Å². The highest BCUT2D eigenvalue weighted by Crippen LogP contribution is 2.41. The molecule has 3 aromatic rings. The first kappa shape index (κ1) is 16.0. The number of aliphatic hydroxyl groups is 1. The highest BCUT2D eigenvalue weighted by atomic mass is 19.1. The lowest BCUT2D eigenvalue weighted by molar-refractivity contribution is 0.0340. The smallest absolute Gasteiger partial charge is 0.152 e. The maximum absolute atomic E-state index is 14.0. The summed E-state index contributed by atoms with van der Waals surface area (Å²) in [5.74, 6) is -1.10. The van der Waals surface area contributed by atoms with Crippen LogP contribution in [0.2, 0.25) is 0 Å². The minimum atomic E-state index is -0.685. The van der Waals surface area contributed by atoms with Gasteiger partial charge in [0, 0.05) is 42.1 Å². The number of anilines is 1. The molecule has 0 radical (unpaired) electrons. The van der Waals surface area contributed by atoms with E-state index < -0.39 is 11.6 Å². The molecule has 1 fully saturated rings. The number of aliphatic hydroxyl groups excluding tert-OH is 1. The number of hydrogen-bond acceptors (Lipinski definition) is 4. The van der Waals surface area contributed by atoms with Crippen molar-refractivity contribution in [3.05, 3.63) is 54.0 Å². The minimum absolute atomic E-state index is 0.103. The summed E-state index contributed by atoms with van der Waals surface area (Å²) in [7, 11) is 1.84. The molecule has 1 aliphatic rings. The van der Waals surface area contributed by atoms with Crippen LogP contribution in [0.15, 0.2) is 36.8 Å². The summed E-state index contributed by atoms with van der Waals surface area (Å²) in [5.41, 5.74) is 1.71. The molecule has 2 aromatic heterocycles. The van der Waals surface area contributed by atoms with Crippen molar-refractivity contribution in [3.8, 4) is 0 Å². The van der Waals surface area contributed by atoms with Crippen LogP contribution in [0.4, 0.5) is 14.5 Å². The second kappa shape index (κ2) is 6.07. The van der Waals surface area contributed by atoms with Crippen molar-refractivity contribution in [3.63, 3.8) is 0 Å². The highest BCUT2D eigenvalue weighted by Gasteiger charge is 2.35. The van der Waals surface area contributed by atoms with E-state index in [0.29, 0.717) is 23.9 Å². The largest absolute Gasteiger partial charge is 0.393 e. The summed E-state index contributed by atoms with van der Waals surface area (Å²) in [6.45, 7) is 0. The molecule has 1 aromatic carbocycles. The Bertz CT molecular complexity index is 921. The molecular weight excluding hydrogens is 326 g/mol. The summed E-state index contributed by atoms with van der Waals surface area (Å²) >= 11 is 0. The SMILES string of the molecule is Cn1cc([C@@H](Nc2ccnc3c(F)cc(F)cc23)C2CC(O)C2)cn1. The lowest BCUT2D eigenvalue weighted by Gasteiger charge is -2.38. The lowest BCUT2D eigenvalue weighted by atomic mass is 9.75. The molecule has 0 bridgehead atoms. The van der Waals surface area contributed by atoms with Crippen molar-refractivity contribution in [2.24, 2.45) is 13.0 Å². The highest BCUT2D eigenvalue weighted by molar-refractivity contribution is 5.91. The van der Waals surface area contributed by atoms with Gasteiger partial charge in [0.05, 0.1) is 18.3 Å². The molecule has 0 aliphatic heterocycles. The Morgan fingerprint density at radius 3 is 2.80 bits per heavy atom. The number of nitrogens with one attached hydrogen (secondary N) is 1. The maximum Gasteiger partial charge on any atom is 0.152 e. The summed E-state index contributed by atoms with van der Waals surface area (Å²) in [4.78, 5) is 4.02. The number of hydrogen-bond donors (Lipinski definition) is 2. The van der Waals surface area contributed by atoms with Gasteiger partial charge in [-0.25, -0.2) is 8.78 Å². The molecule has 1 aliphatic carbocycles. The van der Waals surface area contributed by atoms with Gasteiger partial charge in [-0.3, -0.25) is 9.67 Å². The number of fused-ring (bicyclic) bond motifs is 1. The van der Waals surface area contributed by atoms with Crippen LogP contribution in [0.5, 0.6) is 0 Å². The third kappa shape index (κ3) is 2.95. The van der Waals surface area contributed by atoms with Crippen LogP contribution < -0.4 is 5.32 Å². The molecule has 25 heavy (non-hydrogen) atoms. The fourth-order valence-electron chi connectivity index (χ4n) is 3.45. The van der Waals surface area contributed by atoms with Gasteiger partial charge >= 0.3 is 0 Å². The molecular formula is C18H18F2N4O. The van der Waals surface area contributed by atoms with Crippen LogP contribution in [0.25, 0.3) is 10.9 Å². The summed E-state index contributed by atoms with van der Waals surface area (Å²) in [6.07, 6.45) is 6.24. The molecule has 5 nitrogen and oxygen atoms in total. The van der Waals surface area contributed by atoms with E-state index in [9.17, 15) is 13.9 Å². The first-order valence-electron chi connectivity index (χ1n) is 8.18. The fraction of sp³-hybridized carbons (Fsp3) is 0.333. The van der Waals surface area contributed by atoms with E-state index in [1.54, 1.807) is 16.9 Å². The van der Waals surface area contributed by atoms with E-state index >= 15 is 0 Å². The van der Waals surface area contributed by atoms with Gasteiger partial charge in [-0.2, -0.15) is 5.10 Å². The lowest BCUT2D eigenvalue weighted by Crippen LogP contribution is -2.35. The Morgan fingerprint density at radius 2 is 2.12 bits per heavy atom. The Balaban J connectivity index is 1.74. The Kier molecular flexibility index (Phi) is 3.88. The Labute approximate surface area is 143 Å². The average molecular weight is 344 g/mol. The van der Waals surface area contributed by atoms with Crippen LogP contribution in [0.3, 0.4) is 0 Å². The second-order valence-corrected chi connectivity index (χ2v) is 6.60. The molecule has 2 N–H and O–H groups in total. The second-order valence-electron chi connectivity index (χ2n) is 6.60. The number of rotatable bonds is 4. The average Bonchev–Trinajstić information content (AvgIpc) is 2.96. The number of benzene rings is 1. The monoisotopic (exact) mass is 344 g/mol. The third-order valence-corrected chi connectivity index (χ3v) is 4.78. The molecule has 2 heterocycles. The van der Waals surface area contributed by atoms with Crippen molar-refractivity contribution in [2.75, 3.05) is 5.32 Å². The Morgan fingerprint density at radius 1 is 1.32 bits per heavy atom. The number of aromatic nitrogens is 3. The van der Waals surface area contributed by atoms with Crippen LogP contribution >= 0.6 is 0 Å². The summed E-state index contributed by atoms with van der Waals surface area (Å²) < 4.78 is 29.4. The molecule has 0 amide bonds. The first-order valence-corrected chi connectivity index (χ1v) is 8.18. The van der Waals surface area contributed by atoms with Crippen molar-refractivity contribution in [1.82, 2.24) is 14.8 Å². The van der Waals surface area contributed by atoms with Crippen molar-refractivity contribution < 1.29 is 13.9 Å². The van der Waals surface area contributed by atoms with E-state index in [0.717, 1.165) is 11.6 Å². The van der Waals surface area contributed by atoms with Gasteiger partial charge in [0.15, 0.2) is 5.82 Å². The van der Waals surface area contributed by atoms with Crippen molar-refractivity contribution >= 4 is 16.6 Å². The summed E-state index contributed by atoms with van der Waals surface area (Å²) in [6, 6.07) is 3.72. The molecule has 7 heteroatoms. The molecule has 0 saturated heterocycles. The maximum atomic E-state index is 14.0. The van der Waals surface area contributed by atoms with Crippen LogP contribution in [0, 0.1) is 17.6 Å². The Hall–Kier alpha value is -2.54. The molecule has 1 saturated carbocycles. The number of halogens is 2. The van der Waals surface area contributed by atoms with Gasteiger partial charge in [-0.1, -0.05) is 0 Å². The van der Waals surface area contributed by atoms with Gasteiger partial charge in [0.25, 0.3) is 0 Å². The van der Waals surface area contributed by atoms with Gasteiger partial charge in [-0.15, -0.1) is 0 Å². The number of pyridine rings is 1. The molecule has 0 spiro atoms. The standard InChI is InChI=1S/C18H18F2N4O/c1-24-9-11(8-22-24)17(10-4-13(25)5-10)23-16-2-3-21-18-14(16)6-12(19)7-15(18)20/h2-3,6-10,13,17,25H,4-5H2,1H3,(H,21,23)/t10?,13?,17-/m0/s1. The van der Waals surface area contributed by atoms with Crippen molar-refractivity contribution in [2.45, 2.75) is 25.0 Å². The van der Waals surface area contributed by atoms with Gasteiger partial charge in [0.2, 0.25) is 0 Å². The predicted octanol–water partition coefficient (Wildman–Crippen LogP) is 3.17. The number of nitrogens with zero attached hydrogens (tertiary/aromatic N) is 3. The van der Waals surface area contributed by atoms with E-state index in [1.807, 2.05) is 13.2 Å². The third-order valence-electron chi connectivity index (χ3n) is 4.78. The van der Waals surface area contributed by atoms with E-state index in [2.05, 4.69) is 15.4 Å². The zero-order chi connectivity index (χ0) is 17.6. The topological polar surface area (TPSA) is 63.0 Å². The molecule has 0 unspecified atom stereocenters. The van der Waals surface area contributed by atoms with Gasteiger partial charge in [0.1, 0.15) is 11.3 Å². The van der Waals surface area contributed by atoms with E-state index in [4.69, 9.17) is 0 Å². The molecule has 4 rings (SSSR count). The zero-order valence-electron chi connectivity index (χ0n) is 13.7.